The number of ether oxygens (including phenoxy) is 1. The molecular formula is C23H25FN4O2. The van der Waals surface area contributed by atoms with Crippen LogP contribution in [0, 0.1) is 12.7 Å². The number of amides is 1. The van der Waals surface area contributed by atoms with E-state index in [9.17, 15) is 9.18 Å². The number of halogens is 1. The largest absolute Gasteiger partial charge is 0.367 e. The minimum atomic E-state index is -0.336. The lowest BCUT2D eigenvalue weighted by Gasteiger charge is -2.40. The molecule has 1 atom stereocenters. The summed E-state index contributed by atoms with van der Waals surface area (Å²) in [5.74, 6) is 0.415. The van der Waals surface area contributed by atoms with Crippen molar-refractivity contribution >= 4 is 22.6 Å². The first-order valence-electron chi connectivity index (χ1n) is 10.1. The molecule has 0 spiro atoms. The lowest BCUT2D eigenvalue weighted by atomic mass is 10.1. The van der Waals surface area contributed by atoms with Crippen LogP contribution in [0.3, 0.4) is 0 Å². The number of fused-ring (bicyclic) bond motifs is 1. The monoisotopic (exact) mass is 408 g/mol. The zero-order valence-electron chi connectivity index (χ0n) is 17.2. The van der Waals surface area contributed by atoms with Gasteiger partial charge in [0.25, 0.3) is 0 Å². The number of aryl methyl sites for hydroxylation is 1. The molecule has 2 aromatic heterocycles. The van der Waals surface area contributed by atoms with E-state index in [0.29, 0.717) is 26.2 Å². The number of carbonyl (C=O) groups is 1. The van der Waals surface area contributed by atoms with Crippen LogP contribution in [-0.4, -0.2) is 53.1 Å². The van der Waals surface area contributed by atoms with Gasteiger partial charge >= 0.3 is 0 Å². The number of benzene rings is 1. The maximum Gasteiger partial charge on any atom is 0.248 e. The molecule has 6 nitrogen and oxygen atoms in total. The van der Waals surface area contributed by atoms with Crippen LogP contribution in [0.5, 0.6) is 0 Å². The van der Waals surface area contributed by atoms with Gasteiger partial charge in [0.1, 0.15) is 18.2 Å². The van der Waals surface area contributed by atoms with Crippen molar-refractivity contribution in [2.45, 2.75) is 26.5 Å². The van der Waals surface area contributed by atoms with Gasteiger partial charge in [-0.3, -0.25) is 9.78 Å². The third kappa shape index (κ3) is 4.26. The number of hydrogen-bond donors (Lipinski definition) is 0. The Hall–Kier alpha value is -3.06. The smallest absolute Gasteiger partial charge is 0.248 e. The molecule has 0 saturated carbocycles. The van der Waals surface area contributed by atoms with Crippen LogP contribution in [-0.2, 0) is 16.1 Å². The van der Waals surface area contributed by atoms with Gasteiger partial charge < -0.3 is 14.5 Å². The van der Waals surface area contributed by atoms with Crippen LogP contribution in [0.15, 0.2) is 48.8 Å². The molecule has 1 saturated heterocycles. The first-order chi connectivity index (χ1) is 14.5. The van der Waals surface area contributed by atoms with E-state index in [1.807, 2.05) is 49.1 Å². The fourth-order valence-corrected chi connectivity index (χ4v) is 4.01. The van der Waals surface area contributed by atoms with E-state index in [1.54, 1.807) is 6.20 Å². The van der Waals surface area contributed by atoms with Gasteiger partial charge in [-0.2, -0.15) is 0 Å². The van der Waals surface area contributed by atoms with E-state index in [-0.39, 0.29) is 24.4 Å². The first kappa shape index (κ1) is 20.2. The lowest BCUT2D eigenvalue weighted by Crippen LogP contribution is -2.55. The molecule has 0 unspecified atom stereocenters. The fraction of sp³-hybridized carbons (Fsp3) is 0.348. The summed E-state index contributed by atoms with van der Waals surface area (Å²) in [7, 11) is 0. The highest BCUT2D eigenvalue weighted by atomic mass is 19.1. The molecule has 156 valence electrons. The average molecular weight is 408 g/mol. The van der Waals surface area contributed by atoms with Crippen molar-refractivity contribution in [1.82, 2.24) is 14.9 Å². The quantitative estimate of drug-likeness (QED) is 0.648. The molecule has 1 amide bonds. The molecule has 1 fully saturated rings. The minimum absolute atomic E-state index is 0.0165. The van der Waals surface area contributed by atoms with Gasteiger partial charge in [-0.15, -0.1) is 0 Å². The van der Waals surface area contributed by atoms with E-state index >= 15 is 0 Å². The highest BCUT2D eigenvalue weighted by Gasteiger charge is 2.28. The Labute approximate surface area is 175 Å². The Bertz CT molecular complexity index is 1050. The van der Waals surface area contributed by atoms with Crippen molar-refractivity contribution in [3.05, 3.63) is 65.7 Å². The molecule has 7 heteroatoms. The third-order valence-electron chi connectivity index (χ3n) is 5.48. The van der Waals surface area contributed by atoms with Gasteiger partial charge in [-0.05, 0) is 43.2 Å². The van der Waals surface area contributed by atoms with Crippen molar-refractivity contribution < 1.29 is 13.9 Å². The second-order valence-corrected chi connectivity index (χ2v) is 7.66. The zero-order chi connectivity index (χ0) is 21.1. The van der Waals surface area contributed by atoms with Crippen molar-refractivity contribution in [3.63, 3.8) is 0 Å². The molecule has 0 aliphatic carbocycles. The highest BCUT2D eigenvalue weighted by molar-refractivity contribution is 5.82. The summed E-state index contributed by atoms with van der Waals surface area (Å²) in [4.78, 5) is 25.3. The molecule has 0 N–H and O–H groups in total. The van der Waals surface area contributed by atoms with Gasteiger partial charge in [0, 0.05) is 37.3 Å². The number of anilines is 1. The van der Waals surface area contributed by atoms with Crippen LogP contribution < -0.4 is 4.90 Å². The van der Waals surface area contributed by atoms with Gasteiger partial charge in [-0.25, -0.2) is 9.37 Å². The van der Waals surface area contributed by atoms with Gasteiger partial charge in [0.15, 0.2) is 0 Å². The molecule has 3 heterocycles. The topological polar surface area (TPSA) is 58.6 Å². The zero-order valence-corrected chi connectivity index (χ0v) is 17.2. The Balaban J connectivity index is 1.33. The number of aromatic nitrogens is 2. The predicted molar refractivity (Wildman–Crippen MR) is 114 cm³/mol. The predicted octanol–water partition coefficient (Wildman–Crippen LogP) is 3.33. The highest BCUT2D eigenvalue weighted by Crippen LogP contribution is 2.22. The van der Waals surface area contributed by atoms with Gasteiger partial charge in [0.2, 0.25) is 5.91 Å². The molecule has 0 bridgehead atoms. The van der Waals surface area contributed by atoms with Crippen LogP contribution in [0.4, 0.5) is 10.2 Å². The molecule has 4 rings (SSSR count). The maximum atomic E-state index is 13.3. The first-order valence-corrected chi connectivity index (χ1v) is 10.1. The maximum absolute atomic E-state index is 13.3. The Morgan fingerprint density at radius 3 is 2.90 bits per heavy atom. The number of pyridine rings is 2. The van der Waals surface area contributed by atoms with E-state index in [4.69, 9.17) is 4.74 Å². The summed E-state index contributed by atoms with van der Waals surface area (Å²) >= 11 is 0. The Morgan fingerprint density at radius 1 is 1.23 bits per heavy atom. The van der Waals surface area contributed by atoms with Crippen molar-refractivity contribution in [2.75, 3.05) is 31.1 Å². The van der Waals surface area contributed by atoms with E-state index in [1.165, 1.54) is 12.3 Å². The third-order valence-corrected chi connectivity index (χ3v) is 5.48. The number of piperazine rings is 1. The Morgan fingerprint density at radius 2 is 2.10 bits per heavy atom. The summed E-state index contributed by atoms with van der Waals surface area (Å²) in [6, 6.07) is 11.3. The number of hydrogen-bond acceptors (Lipinski definition) is 5. The number of carbonyl (C=O) groups excluding carboxylic acids is 1. The average Bonchev–Trinajstić information content (AvgIpc) is 2.74. The fourth-order valence-electron chi connectivity index (χ4n) is 4.01. The standard InChI is InChI=1S/C23H25FN4O2/c1-16-11-19(24)12-26-23(16)27-9-10-28(17(2)13-27)22(29)15-30-14-18-5-3-7-21-20(18)6-4-8-25-21/h3-8,11-12,17H,9-10,13-15H2,1-2H3/t17-/m0/s1. The van der Waals surface area contributed by atoms with E-state index < -0.39 is 0 Å². The van der Waals surface area contributed by atoms with Crippen molar-refractivity contribution in [2.24, 2.45) is 0 Å². The van der Waals surface area contributed by atoms with E-state index in [0.717, 1.165) is 27.8 Å². The van der Waals surface area contributed by atoms with Crippen molar-refractivity contribution in [3.8, 4) is 0 Å². The van der Waals surface area contributed by atoms with Crippen molar-refractivity contribution in [1.29, 1.82) is 0 Å². The summed E-state index contributed by atoms with van der Waals surface area (Å²) in [5.41, 5.74) is 2.73. The summed E-state index contributed by atoms with van der Waals surface area (Å²) < 4.78 is 19.1. The van der Waals surface area contributed by atoms with Gasteiger partial charge in [-0.1, -0.05) is 18.2 Å². The number of nitrogens with zero attached hydrogens (tertiary/aromatic N) is 4. The van der Waals surface area contributed by atoms with Crippen LogP contribution in [0.2, 0.25) is 0 Å². The number of rotatable bonds is 5. The normalized spacial score (nSPS) is 16.8. The molecule has 1 aromatic carbocycles. The summed E-state index contributed by atoms with van der Waals surface area (Å²) in [6.45, 7) is 6.16. The lowest BCUT2D eigenvalue weighted by molar-refractivity contribution is -0.139. The molecule has 1 aliphatic rings. The SMILES string of the molecule is Cc1cc(F)cnc1N1CCN(C(=O)COCc2cccc3ncccc23)[C@@H](C)C1. The van der Waals surface area contributed by atoms with Crippen LogP contribution >= 0.6 is 0 Å². The molecule has 3 aromatic rings. The summed E-state index contributed by atoms with van der Waals surface area (Å²) in [5, 5.41) is 1.04. The second-order valence-electron chi connectivity index (χ2n) is 7.66. The van der Waals surface area contributed by atoms with Crippen LogP contribution in [0.1, 0.15) is 18.1 Å². The van der Waals surface area contributed by atoms with E-state index in [2.05, 4.69) is 14.9 Å². The molecular weight excluding hydrogens is 383 g/mol. The van der Waals surface area contributed by atoms with Gasteiger partial charge in [0.05, 0.1) is 18.3 Å². The molecule has 0 radical (unpaired) electrons. The van der Waals surface area contributed by atoms with Crippen LogP contribution in [0.25, 0.3) is 10.9 Å². The molecule has 30 heavy (non-hydrogen) atoms. The second kappa shape index (κ2) is 8.75. The molecule has 1 aliphatic heterocycles. The summed E-state index contributed by atoms with van der Waals surface area (Å²) in [6.07, 6.45) is 3.00. The minimum Gasteiger partial charge on any atom is -0.367 e. The Kier molecular flexibility index (Phi) is 5.90.